The first kappa shape index (κ1) is 17.6. The van der Waals surface area contributed by atoms with Crippen LogP contribution in [0.2, 0.25) is 10.0 Å². The largest absolute Gasteiger partial charge is 0.481 e. The quantitative estimate of drug-likeness (QED) is 0.779. The number of carboxylic acids is 1. The van der Waals surface area contributed by atoms with E-state index in [1.807, 2.05) is 0 Å². The van der Waals surface area contributed by atoms with Gasteiger partial charge in [-0.25, -0.2) is 4.79 Å². The van der Waals surface area contributed by atoms with Crippen molar-refractivity contribution in [1.29, 1.82) is 0 Å². The number of benzene rings is 1. The van der Waals surface area contributed by atoms with Crippen LogP contribution in [0.4, 0.5) is 10.5 Å². The van der Waals surface area contributed by atoms with Crippen molar-refractivity contribution in [1.82, 2.24) is 5.32 Å². The van der Waals surface area contributed by atoms with E-state index in [1.165, 1.54) is 0 Å². The minimum Gasteiger partial charge on any atom is -0.481 e. The van der Waals surface area contributed by atoms with Gasteiger partial charge in [0, 0.05) is 0 Å². The average molecular weight is 333 g/mol. The zero-order chi connectivity index (χ0) is 16.4. The molecule has 0 aliphatic carbocycles. The molecule has 1 rings (SSSR count). The molecule has 116 valence electrons. The lowest BCUT2D eigenvalue weighted by molar-refractivity contribution is -0.150. The van der Waals surface area contributed by atoms with E-state index in [0.717, 1.165) is 0 Å². The lowest BCUT2D eigenvalue weighted by atomic mass is 9.74. The van der Waals surface area contributed by atoms with Gasteiger partial charge >= 0.3 is 12.0 Å². The van der Waals surface area contributed by atoms with Gasteiger partial charge in [-0.3, -0.25) is 4.79 Å². The van der Waals surface area contributed by atoms with E-state index in [2.05, 4.69) is 10.6 Å². The summed E-state index contributed by atoms with van der Waals surface area (Å²) >= 11 is 11.8. The summed E-state index contributed by atoms with van der Waals surface area (Å²) in [6, 6.07) is 4.29. The highest BCUT2D eigenvalue weighted by Crippen LogP contribution is 2.32. The first-order chi connectivity index (χ1) is 9.49. The first-order valence-electron chi connectivity index (χ1n) is 6.25. The second-order valence-electron chi connectivity index (χ2n) is 5.74. The summed E-state index contributed by atoms with van der Waals surface area (Å²) < 4.78 is 0. The smallest absolute Gasteiger partial charge is 0.319 e. The van der Waals surface area contributed by atoms with Gasteiger partial charge in [-0.15, -0.1) is 0 Å². The molecule has 0 heterocycles. The standard InChI is InChI=1S/C14H18Cl2N2O3/c1-13(2,11(19)20)14(3,4)18-12(21)17-9-7-5-6-8(15)10(9)16/h5-7H,1-4H3,(H,19,20)(H2,17,18,21). The fourth-order valence-electron chi connectivity index (χ4n) is 1.46. The number of hydrogen-bond donors (Lipinski definition) is 3. The third-order valence-corrected chi connectivity index (χ3v) is 4.54. The van der Waals surface area contributed by atoms with Gasteiger partial charge in [-0.05, 0) is 39.8 Å². The molecule has 0 fully saturated rings. The van der Waals surface area contributed by atoms with Gasteiger partial charge in [0.1, 0.15) is 0 Å². The molecule has 0 saturated carbocycles. The van der Waals surface area contributed by atoms with Crippen LogP contribution in [0.1, 0.15) is 27.7 Å². The number of carboxylic acid groups (broad SMARTS) is 1. The Balaban J connectivity index is 2.87. The molecule has 0 aliphatic heterocycles. The van der Waals surface area contributed by atoms with Crippen molar-refractivity contribution >= 4 is 40.9 Å². The number of nitrogens with one attached hydrogen (secondary N) is 2. The van der Waals surface area contributed by atoms with E-state index in [-0.39, 0.29) is 5.02 Å². The van der Waals surface area contributed by atoms with Crippen LogP contribution in [-0.4, -0.2) is 22.6 Å². The Kier molecular flexibility index (Phi) is 5.12. The normalized spacial score (nSPS) is 11.9. The van der Waals surface area contributed by atoms with Crippen LogP contribution < -0.4 is 10.6 Å². The lowest BCUT2D eigenvalue weighted by Gasteiger charge is -2.38. The van der Waals surface area contributed by atoms with Crippen molar-refractivity contribution in [2.45, 2.75) is 33.2 Å². The molecular weight excluding hydrogens is 315 g/mol. The molecule has 1 aromatic rings. The van der Waals surface area contributed by atoms with E-state index >= 15 is 0 Å². The summed E-state index contributed by atoms with van der Waals surface area (Å²) in [6.07, 6.45) is 0. The molecule has 0 radical (unpaired) electrons. The summed E-state index contributed by atoms with van der Waals surface area (Å²) in [4.78, 5) is 23.3. The Labute approximate surface area is 133 Å². The Bertz CT molecular complexity index is 571. The van der Waals surface area contributed by atoms with Gasteiger partial charge in [0.05, 0.1) is 26.7 Å². The molecule has 0 aromatic heterocycles. The van der Waals surface area contributed by atoms with E-state index in [4.69, 9.17) is 23.2 Å². The van der Waals surface area contributed by atoms with Crippen molar-refractivity contribution in [3.8, 4) is 0 Å². The summed E-state index contributed by atoms with van der Waals surface area (Å²) in [6.45, 7) is 6.37. The molecule has 0 saturated heterocycles. The Morgan fingerprint density at radius 1 is 1.14 bits per heavy atom. The predicted molar refractivity (Wildman–Crippen MR) is 84.1 cm³/mol. The number of rotatable bonds is 4. The topological polar surface area (TPSA) is 78.4 Å². The molecule has 1 aromatic carbocycles. The second kappa shape index (κ2) is 6.12. The maximum atomic E-state index is 12.0. The highest BCUT2D eigenvalue weighted by Gasteiger charge is 2.44. The van der Waals surface area contributed by atoms with Crippen LogP contribution in [0, 0.1) is 5.41 Å². The van der Waals surface area contributed by atoms with E-state index < -0.39 is 23.0 Å². The summed E-state index contributed by atoms with van der Waals surface area (Å²) in [5.74, 6) is -1.01. The SMILES string of the molecule is CC(C)(NC(=O)Nc1cccc(Cl)c1Cl)C(C)(C)C(=O)O. The van der Waals surface area contributed by atoms with Crippen LogP contribution in [0.15, 0.2) is 18.2 Å². The minimum absolute atomic E-state index is 0.226. The second-order valence-corrected chi connectivity index (χ2v) is 6.52. The van der Waals surface area contributed by atoms with E-state index in [9.17, 15) is 14.7 Å². The highest BCUT2D eigenvalue weighted by molar-refractivity contribution is 6.43. The van der Waals surface area contributed by atoms with Crippen LogP contribution in [0.5, 0.6) is 0 Å². The number of urea groups is 1. The van der Waals surface area contributed by atoms with Crippen LogP contribution >= 0.6 is 23.2 Å². The third-order valence-electron chi connectivity index (χ3n) is 3.72. The molecule has 21 heavy (non-hydrogen) atoms. The number of anilines is 1. The van der Waals surface area contributed by atoms with Gasteiger partial charge in [0.2, 0.25) is 0 Å². The molecule has 0 unspecified atom stereocenters. The molecule has 2 amide bonds. The number of aliphatic carboxylic acids is 1. The minimum atomic E-state index is -1.15. The molecule has 3 N–H and O–H groups in total. The van der Waals surface area contributed by atoms with Crippen molar-refractivity contribution < 1.29 is 14.7 Å². The fourth-order valence-corrected chi connectivity index (χ4v) is 1.81. The number of hydrogen-bond acceptors (Lipinski definition) is 2. The van der Waals surface area contributed by atoms with Crippen LogP contribution in [0.3, 0.4) is 0 Å². The molecular formula is C14H18Cl2N2O3. The third kappa shape index (κ3) is 3.80. The van der Waals surface area contributed by atoms with Gasteiger partial charge < -0.3 is 15.7 Å². The maximum Gasteiger partial charge on any atom is 0.319 e. The summed E-state index contributed by atoms with van der Waals surface area (Å²) in [5, 5.41) is 15.0. The Morgan fingerprint density at radius 3 is 2.24 bits per heavy atom. The highest BCUT2D eigenvalue weighted by atomic mass is 35.5. The van der Waals surface area contributed by atoms with Gasteiger partial charge in [-0.1, -0.05) is 29.3 Å². The molecule has 7 heteroatoms. The maximum absolute atomic E-state index is 12.0. The monoisotopic (exact) mass is 332 g/mol. The number of amides is 2. The van der Waals surface area contributed by atoms with Crippen molar-refractivity contribution in [3.63, 3.8) is 0 Å². The fraction of sp³-hybridized carbons (Fsp3) is 0.429. The van der Waals surface area contributed by atoms with Gasteiger partial charge in [-0.2, -0.15) is 0 Å². The first-order valence-corrected chi connectivity index (χ1v) is 7.01. The van der Waals surface area contributed by atoms with Crippen molar-refractivity contribution in [2.24, 2.45) is 5.41 Å². The number of halogens is 2. The van der Waals surface area contributed by atoms with Gasteiger partial charge in [0.25, 0.3) is 0 Å². The van der Waals surface area contributed by atoms with Crippen molar-refractivity contribution in [3.05, 3.63) is 28.2 Å². The molecule has 0 spiro atoms. The van der Waals surface area contributed by atoms with Crippen LogP contribution in [0.25, 0.3) is 0 Å². The number of carbonyl (C=O) groups is 2. The van der Waals surface area contributed by atoms with Gasteiger partial charge in [0.15, 0.2) is 0 Å². The summed E-state index contributed by atoms with van der Waals surface area (Å²) in [7, 11) is 0. The molecule has 0 aliphatic rings. The lowest BCUT2D eigenvalue weighted by Crippen LogP contribution is -2.57. The molecule has 0 bridgehead atoms. The van der Waals surface area contributed by atoms with E-state index in [0.29, 0.717) is 10.7 Å². The predicted octanol–water partition coefficient (Wildman–Crippen LogP) is 4.00. The summed E-state index contributed by atoms with van der Waals surface area (Å²) in [5.41, 5.74) is -1.78. The molecule has 5 nitrogen and oxygen atoms in total. The Morgan fingerprint density at radius 2 is 1.71 bits per heavy atom. The zero-order valence-corrected chi connectivity index (χ0v) is 13.8. The van der Waals surface area contributed by atoms with E-state index in [1.54, 1.807) is 45.9 Å². The number of carbonyl (C=O) groups excluding carboxylic acids is 1. The molecule has 0 atom stereocenters. The zero-order valence-electron chi connectivity index (χ0n) is 12.3. The van der Waals surface area contributed by atoms with Crippen LogP contribution in [-0.2, 0) is 4.79 Å². The van der Waals surface area contributed by atoms with Crippen molar-refractivity contribution in [2.75, 3.05) is 5.32 Å². The average Bonchev–Trinajstić information content (AvgIpc) is 2.33. The Hall–Kier alpha value is -1.46.